The first-order valence-corrected chi connectivity index (χ1v) is 8.38. The van der Waals surface area contributed by atoms with Crippen molar-refractivity contribution in [3.8, 4) is 11.5 Å². The number of rotatable bonds is 6. The molecule has 2 aromatic carbocycles. The van der Waals surface area contributed by atoms with Crippen LogP contribution in [0.15, 0.2) is 42.5 Å². The maximum atomic E-state index is 11.1. The van der Waals surface area contributed by atoms with Gasteiger partial charge in [0.2, 0.25) is 0 Å². The number of nitrogens with one attached hydrogen (secondary N) is 1. The van der Waals surface area contributed by atoms with Gasteiger partial charge in [0, 0.05) is 5.69 Å². The van der Waals surface area contributed by atoms with E-state index >= 15 is 0 Å². The minimum atomic E-state index is -4.38. The van der Waals surface area contributed by atoms with Crippen molar-refractivity contribution in [1.29, 1.82) is 0 Å². The van der Waals surface area contributed by atoms with E-state index in [4.69, 9.17) is 9.79 Å². The number of aromatic hydroxyl groups is 2. The number of phenols is 2. The van der Waals surface area contributed by atoms with Crippen LogP contribution in [0.25, 0.3) is 0 Å². The average molecular weight is 323 g/mol. The minimum absolute atomic E-state index is 0.0518. The molecule has 0 amide bonds. The standard InChI is InChI=1S/C15H18NO5P/c17-13-6-4-11(5-7-13)2-1-3-12-10-14(18)8-9-15(12)16-22(19,20)21/h4-10,17-18H,1-3H2,(H3,16,19,20,21). The molecule has 0 spiro atoms. The van der Waals surface area contributed by atoms with Gasteiger partial charge in [0.15, 0.2) is 0 Å². The molecule has 0 radical (unpaired) electrons. The Hall–Kier alpha value is -2.01. The molecular weight excluding hydrogens is 305 g/mol. The van der Waals surface area contributed by atoms with Crippen LogP contribution in [0.1, 0.15) is 17.5 Å². The monoisotopic (exact) mass is 323 g/mol. The lowest BCUT2D eigenvalue weighted by Crippen LogP contribution is -2.00. The van der Waals surface area contributed by atoms with E-state index in [1.54, 1.807) is 12.1 Å². The van der Waals surface area contributed by atoms with Gasteiger partial charge in [-0.3, -0.25) is 5.09 Å². The fraction of sp³-hybridized carbons (Fsp3) is 0.200. The minimum Gasteiger partial charge on any atom is -0.508 e. The van der Waals surface area contributed by atoms with Gasteiger partial charge in [-0.05, 0) is 60.7 Å². The van der Waals surface area contributed by atoms with Gasteiger partial charge in [-0.1, -0.05) is 12.1 Å². The Morgan fingerprint density at radius 2 is 1.55 bits per heavy atom. The SMILES string of the molecule is O=P(O)(O)Nc1ccc(O)cc1CCCc1ccc(O)cc1. The molecule has 0 heterocycles. The van der Waals surface area contributed by atoms with Crippen molar-refractivity contribution in [3.05, 3.63) is 53.6 Å². The van der Waals surface area contributed by atoms with Gasteiger partial charge in [0.1, 0.15) is 11.5 Å². The molecule has 5 N–H and O–H groups in total. The summed E-state index contributed by atoms with van der Waals surface area (Å²) < 4.78 is 11.1. The highest BCUT2D eigenvalue weighted by Gasteiger charge is 2.15. The quantitative estimate of drug-likeness (QED) is 0.413. The van der Waals surface area contributed by atoms with Crippen molar-refractivity contribution >= 4 is 13.4 Å². The second-order valence-corrected chi connectivity index (χ2v) is 6.33. The van der Waals surface area contributed by atoms with E-state index in [9.17, 15) is 14.8 Å². The predicted octanol–water partition coefficient (Wildman–Crippen LogP) is 2.78. The fourth-order valence-electron chi connectivity index (χ4n) is 2.20. The smallest absolute Gasteiger partial charge is 0.427 e. The van der Waals surface area contributed by atoms with E-state index in [-0.39, 0.29) is 11.5 Å². The van der Waals surface area contributed by atoms with Gasteiger partial charge in [0.25, 0.3) is 0 Å². The van der Waals surface area contributed by atoms with Gasteiger partial charge >= 0.3 is 7.75 Å². The zero-order valence-corrected chi connectivity index (χ0v) is 12.7. The molecule has 2 aromatic rings. The molecule has 0 fully saturated rings. The lowest BCUT2D eigenvalue weighted by Gasteiger charge is -2.13. The summed E-state index contributed by atoms with van der Waals surface area (Å²) in [5, 5.41) is 20.9. The van der Waals surface area contributed by atoms with Crippen LogP contribution in [0.3, 0.4) is 0 Å². The zero-order chi connectivity index (χ0) is 16.2. The average Bonchev–Trinajstić information content (AvgIpc) is 2.42. The van der Waals surface area contributed by atoms with Crippen molar-refractivity contribution < 1.29 is 24.6 Å². The van der Waals surface area contributed by atoms with Crippen LogP contribution in [0.5, 0.6) is 11.5 Å². The molecular formula is C15H18NO5P. The molecule has 2 rings (SSSR count). The number of anilines is 1. The predicted molar refractivity (Wildman–Crippen MR) is 83.9 cm³/mol. The molecule has 0 unspecified atom stereocenters. The van der Waals surface area contributed by atoms with Gasteiger partial charge in [-0.2, -0.15) is 0 Å². The van der Waals surface area contributed by atoms with Crippen LogP contribution in [-0.4, -0.2) is 20.0 Å². The highest BCUT2D eigenvalue weighted by molar-refractivity contribution is 7.53. The number of benzene rings is 2. The summed E-state index contributed by atoms with van der Waals surface area (Å²) in [6, 6.07) is 11.2. The highest BCUT2D eigenvalue weighted by atomic mass is 31.2. The molecule has 0 aliphatic carbocycles. The van der Waals surface area contributed by atoms with E-state index in [1.165, 1.54) is 18.2 Å². The highest BCUT2D eigenvalue weighted by Crippen LogP contribution is 2.37. The Morgan fingerprint density at radius 3 is 2.18 bits per heavy atom. The lowest BCUT2D eigenvalue weighted by atomic mass is 10.0. The van der Waals surface area contributed by atoms with Crippen molar-refractivity contribution in [2.45, 2.75) is 19.3 Å². The molecule has 22 heavy (non-hydrogen) atoms. The van der Waals surface area contributed by atoms with Crippen LogP contribution >= 0.6 is 7.75 Å². The first-order valence-electron chi connectivity index (χ1n) is 6.77. The molecule has 0 aliphatic rings. The second kappa shape index (κ2) is 6.83. The van der Waals surface area contributed by atoms with E-state index in [2.05, 4.69) is 5.09 Å². The summed E-state index contributed by atoms with van der Waals surface area (Å²) in [5.74, 6) is 0.265. The van der Waals surface area contributed by atoms with Crippen molar-refractivity contribution in [3.63, 3.8) is 0 Å². The Morgan fingerprint density at radius 1 is 0.909 bits per heavy atom. The van der Waals surface area contributed by atoms with Crippen molar-refractivity contribution in [2.75, 3.05) is 5.09 Å². The summed E-state index contributed by atoms with van der Waals surface area (Å²) in [5.41, 5.74) is 2.02. The summed E-state index contributed by atoms with van der Waals surface area (Å²) in [6.45, 7) is 0. The number of hydrogen-bond acceptors (Lipinski definition) is 3. The van der Waals surface area contributed by atoms with Gasteiger partial charge in [-0.15, -0.1) is 0 Å². The first-order chi connectivity index (χ1) is 10.3. The molecule has 0 saturated heterocycles. The Labute approximate surface area is 128 Å². The third-order valence-electron chi connectivity index (χ3n) is 3.20. The molecule has 0 saturated carbocycles. The lowest BCUT2D eigenvalue weighted by molar-refractivity contribution is 0.380. The maximum Gasteiger partial charge on any atom is 0.427 e. The molecule has 0 atom stereocenters. The van der Waals surface area contributed by atoms with Crippen LogP contribution in [0.2, 0.25) is 0 Å². The van der Waals surface area contributed by atoms with Gasteiger partial charge in [0.05, 0.1) is 0 Å². The van der Waals surface area contributed by atoms with Gasteiger partial charge < -0.3 is 20.0 Å². The van der Waals surface area contributed by atoms with Crippen LogP contribution in [0, 0.1) is 0 Å². The third-order valence-corrected chi connectivity index (χ3v) is 3.74. The number of hydrogen-bond donors (Lipinski definition) is 5. The molecule has 0 aliphatic heterocycles. The largest absolute Gasteiger partial charge is 0.508 e. The van der Waals surface area contributed by atoms with E-state index < -0.39 is 7.75 Å². The van der Waals surface area contributed by atoms with Crippen molar-refractivity contribution in [1.82, 2.24) is 0 Å². The molecule has 118 valence electrons. The maximum absolute atomic E-state index is 11.1. The summed E-state index contributed by atoms with van der Waals surface area (Å²) in [6.07, 6.45) is 2.05. The summed E-state index contributed by atoms with van der Waals surface area (Å²) >= 11 is 0. The number of aryl methyl sites for hydroxylation is 2. The summed E-state index contributed by atoms with van der Waals surface area (Å²) in [7, 11) is -4.38. The second-order valence-electron chi connectivity index (χ2n) is 5.02. The van der Waals surface area contributed by atoms with E-state index in [1.807, 2.05) is 12.1 Å². The third kappa shape index (κ3) is 5.07. The van der Waals surface area contributed by atoms with Gasteiger partial charge in [-0.25, -0.2) is 4.57 Å². The van der Waals surface area contributed by atoms with Crippen LogP contribution in [0.4, 0.5) is 5.69 Å². The topological polar surface area (TPSA) is 110 Å². The normalized spacial score (nSPS) is 11.4. The Balaban J connectivity index is 2.03. The first kappa shape index (κ1) is 16.4. The molecule has 6 nitrogen and oxygen atoms in total. The van der Waals surface area contributed by atoms with E-state index in [0.717, 1.165) is 18.4 Å². The van der Waals surface area contributed by atoms with Crippen molar-refractivity contribution in [2.24, 2.45) is 0 Å². The summed E-state index contributed by atoms with van der Waals surface area (Å²) in [4.78, 5) is 18.0. The fourth-order valence-corrected chi connectivity index (χ4v) is 2.73. The molecule has 0 bridgehead atoms. The molecule has 7 heteroatoms. The Kier molecular flexibility index (Phi) is 5.08. The molecule has 0 aromatic heterocycles. The number of phenolic OH excluding ortho intramolecular Hbond substituents is 2. The zero-order valence-electron chi connectivity index (χ0n) is 11.8. The van der Waals surface area contributed by atoms with Crippen LogP contribution < -0.4 is 5.09 Å². The van der Waals surface area contributed by atoms with Crippen LogP contribution in [-0.2, 0) is 17.4 Å². The Bertz CT molecular complexity index is 681. The van der Waals surface area contributed by atoms with E-state index in [0.29, 0.717) is 17.7 Å².